The van der Waals surface area contributed by atoms with Gasteiger partial charge in [0, 0.05) is 39.0 Å². The van der Waals surface area contributed by atoms with E-state index >= 15 is 0 Å². The van der Waals surface area contributed by atoms with Gasteiger partial charge in [-0.1, -0.05) is 6.92 Å². The molecule has 0 saturated heterocycles. The first-order valence-electron chi connectivity index (χ1n) is 10.9. The van der Waals surface area contributed by atoms with Crippen LogP contribution in [0.4, 0.5) is 10.5 Å². The molecule has 0 fully saturated rings. The molecule has 0 radical (unpaired) electrons. The normalized spacial score (nSPS) is 23.2. The number of fused-ring (bicyclic) bond motifs is 1. The summed E-state index contributed by atoms with van der Waals surface area (Å²) in [6, 6.07) is 3.91. The summed E-state index contributed by atoms with van der Waals surface area (Å²) in [5.74, 6) is -0.154. The molecule has 2 rings (SSSR count). The first-order chi connectivity index (χ1) is 15.3. The zero-order chi connectivity index (χ0) is 24.9. The van der Waals surface area contributed by atoms with Crippen LogP contribution in [0.25, 0.3) is 0 Å². The number of sulfonamides is 1. The molecule has 1 aliphatic heterocycles. The number of anilines is 1. The van der Waals surface area contributed by atoms with Gasteiger partial charge < -0.3 is 25.0 Å². The fourth-order valence-corrected chi connectivity index (χ4v) is 4.93. The van der Waals surface area contributed by atoms with Crippen molar-refractivity contribution >= 4 is 27.6 Å². The van der Waals surface area contributed by atoms with Crippen molar-refractivity contribution in [1.82, 2.24) is 14.5 Å². The monoisotopic (exact) mass is 484 g/mol. The van der Waals surface area contributed by atoms with Crippen LogP contribution < -0.4 is 15.4 Å². The maximum Gasteiger partial charge on any atom is 0.319 e. The van der Waals surface area contributed by atoms with Gasteiger partial charge in [-0.2, -0.15) is 4.31 Å². The maximum atomic E-state index is 13.3. The van der Waals surface area contributed by atoms with Crippen molar-refractivity contribution in [2.24, 2.45) is 5.92 Å². The highest BCUT2D eigenvalue weighted by Crippen LogP contribution is 2.27. The third-order valence-electron chi connectivity index (χ3n) is 5.49. The molecule has 0 bridgehead atoms. The first kappa shape index (κ1) is 26.9. The molecular formula is C22H36N4O6S. The van der Waals surface area contributed by atoms with E-state index in [-0.39, 0.29) is 55.3 Å². The number of benzene rings is 1. The summed E-state index contributed by atoms with van der Waals surface area (Å²) in [4.78, 5) is 26.9. The van der Waals surface area contributed by atoms with Gasteiger partial charge in [-0.25, -0.2) is 13.2 Å². The Bertz CT molecular complexity index is 952. The van der Waals surface area contributed by atoms with Crippen LogP contribution in [0.3, 0.4) is 0 Å². The number of urea groups is 1. The molecule has 10 nitrogen and oxygen atoms in total. The lowest BCUT2D eigenvalue weighted by atomic mass is 10.0. The molecule has 33 heavy (non-hydrogen) atoms. The molecule has 3 amide bonds. The lowest BCUT2D eigenvalue weighted by Crippen LogP contribution is -2.48. The summed E-state index contributed by atoms with van der Waals surface area (Å²) < 4.78 is 37.8. The Morgan fingerprint density at radius 3 is 2.48 bits per heavy atom. The third-order valence-corrected chi connectivity index (χ3v) is 6.85. The number of carbonyl (C=O) groups is 2. The highest BCUT2D eigenvalue weighted by molar-refractivity contribution is 7.88. The lowest BCUT2D eigenvalue weighted by Gasteiger charge is -2.34. The lowest BCUT2D eigenvalue weighted by molar-refractivity contribution is 0.0213. The third kappa shape index (κ3) is 7.31. The van der Waals surface area contributed by atoms with Gasteiger partial charge in [0.15, 0.2) is 0 Å². The second-order valence-electron chi connectivity index (χ2n) is 8.89. The topological polar surface area (TPSA) is 117 Å². The number of amides is 3. The summed E-state index contributed by atoms with van der Waals surface area (Å²) in [6.07, 6.45) is 0.797. The van der Waals surface area contributed by atoms with E-state index in [4.69, 9.17) is 9.47 Å². The number of carbonyl (C=O) groups excluding carboxylic acids is 2. The molecule has 1 aromatic rings. The Balaban J connectivity index is 2.45. The van der Waals surface area contributed by atoms with Gasteiger partial charge >= 0.3 is 6.03 Å². The van der Waals surface area contributed by atoms with Crippen LogP contribution in [-0.2, 0) is 14.8 Å². The number of likely N-dealkylation sites (N-methyl/N-ethyl adjacent to an activating group) is 1. The number of nitrogens with one attached hydrogen (secondary N) is 2. The van der Waals surface area contributed by atoms with Crippen LogP contribution in [0.15, 0.2) is 18.2 Å². The van der Waals surface area contributed by atoms with Crippen molar-refractivity contribution in [3.63, 3.8) is 0 Å². The highest BCUT2D eigenvalue weighted by Gasteiger charge is 2.32. The summed E-state index contributed by atoms with van der Waals surface area (Å²) in [7, 11) is -0.298. The molecule has 0 saturated carbocycles. The van der Waals surface area contributed by atoms with E-state index in [0.717, 1.165) is 0 Å². The van der Waals surface area contributed by atoms with E-state index in [0.29, 0.717) is 11.4 Å². The molecule has 186 valence electrons. The molecule has 3 atom stereocenters. The molecular weight excluding hydrogens is 448 g/mol. The SMILES string of the molecule is CO[C@@H]1CN(C)C(=O)c2cc(NC(=O)NC(C)C)ccc2OC[C@@H](C)N(S(C)(=O)=O)C[C@H]1C. The van der Waals surface area contributed by atoms with Crippen LogP contribution in [0.5, 0.6) is 5.75 Å². The van der Waals surface area contributed by atoms with Gasteiger partial charge in [-0.3, -0.25) is 4.79 Å². The summed E-state index contributed by atoms with van der Waals surface area (Å²) >= 11 is 0. The van der Waals surface area contributed by atoms with Crippen molar-refractivity contribution in [3.05, 3.63) is 23.8 Å². The number of methoxy groups -OCH3 is 1. The second kappa shape index (κ2) is 11.2. The predicted molar refractivity (Wildman–Crippen MR) is 127 cm³/mol. The zero-order valence-electron chi connectivity index (χ0n) is 20.4. The Kier molecular flexibility index (Phi) is 9.10. The summed E-state index contributed by atoms with van der Waals surface area (Å²) in [6.45, 7) is 7.91. The largest absolute Gasteiger partial charge is 0.491 e. The molecule has 0 unspecified atom stereocenters. The van der Waals surface area contributed by atoms with E-state index in [1.54, 1.807) is 39.3 Å². The van der Waals surface area contributed by atoms with Crippen molar-refractivity contribution in [2.45, 2.75) is 45.9 Å². The summed E-state index contributed by atoms with van der Waals surface area (Å²) in [5, 5.41) is 5.45. The number of hydrogen-bond acceptors (Lipinski definition) is 6. The average Bonchev–Trinajstić information content (AvgIpc) is 2.71. The Hall–Kier alpha value is -2.37. The molecule has 1 aliphatic rings. The highest BCUT2D eigenvalue weighted by atomic mass is 32.2. The van der Waals surface area contributed by atoms with Crippen LogP contribution in [0, 0.1) is 5.92 Å². The van der Waals surface area contributed by atoms with Crippen LogP contribution in [0.2, 0.25) is 0 Å². The molecule has 0 spiro atoms. The molecule has 1 heterocycles. The van der Waals surface area contributed by atoms with Gasteiger partial charge in [-0.15, -0.1) is 0 Å². The minimum atomic E-state index is -3.50. The van der Waals surface area contributed by atoms with E-state index in [1.165, 1.54) is 15.5 Å². The quantitative estimate of drug-likeness (QED) is 0.675. The molecule has 0 aliphatic carbocycles. The zero-order valence-corrected chi connectivity index (χ0v) is 21.2. The van der Waals surface area contributed by atoms with E-state index in [1.807, 2.05) is 20.8 Å². The van der Waals surface area contributed by atoms with Gasteiger partial charge in [0.05, 0.1) is 24.0 Å². The molecule has 1 aromatic carbocycles. The van der Waals surface area contributed by atoms with Crippen molar-refractivity contribution in [3.8, 4) is 5.75 Å². The van der Waals surface area contributed by atoms with Crippen molar-refractivity contribution in [2.75, 3.05) is 45.4 Å². The van der Waals surface area contributed by atoms with Gasteiger partial charge in [-0.05, 0) is 44.9 Å². The molecule has 0 aromatic heterocycles. The standard InChI is InChI=1S/C22H36N4O6S/c1-14(2)23-22(28)24-17-8-9-19-18(10-17)21(27)25(5)12-20(31-6)15(3)11-26(33(7,29)30)16(4)13-32-19/h8-10,14-16,20H,11-13H2,1-7H3,(H2,23,24,28)/t15-,16-,20-/m1/s1. The van der Waals surface area contributed by atoms with Crippen molar-refractivity contribution in [1.29, 1.82) is 0 Å². The van der Waals surface area contributed by atoms with Gasteiger partial charge in [0.25, 0.3) is 5.91 Å². The van der Waals surface area contributed by atoms with Gasteiger partial charge in [0.2, 0.25) is 10.0 Å². The second-order valence-corrected chi connectivity index (χ2v) is 10.8. The Morgan fingerprint density at radius 1 is 1.24 bits per heavy atom. The number of nitrogens with zero attached hydrogens (tertiary/aromatic N) is 2. The summed E-state index contributed by atoms with van der Waals surface area (Å²) in [5.41, 5.74) is 0.702. The van der Waals surface area contributed by atoms with Crippen LogP contribution in [0.1, 0.15) is 38.1 Å². The number of hydrogen-bond donors (Lipinski definition) is 2. The van der Waals surface area contributed by atoms with E-state index in [2.05, 4.69) is 10.6 Å². The smallest absolute Gasteiger partial charge is 0.319 e. The van der Waals surface area contributed by atoms with Gasteiger partial charge in [0.1, 0.15) is 12.4 Å². The first-order valence-corrected chi connectivity index (χ1v) is 12.8. The van der Waals surface area contributed by atoms with Crippen LogP contribution >= 0.6 is 0 Å². The fourth-order valence-electron chi connectivity index (χ4n) is 3.71. The molecule has 2 N–H and O–H groups in total. The molecule has 11 heteroatoms. The minimum absolute atomic E-state index is 0.0439. The maximum absolute atomic E-state index is 13.3. The average molecular weight is 485 g/mol. The number of rotatable bonds is 4. The predicted octanol–water partition coefficient (Wildman–Crippen LogP) is 1.98. The van der Waals surface area contributed by atoms with E-state index < -0.39 is 16.1 Å². The minimum Gasteiger partial charge on any atom is -0.491 e. The fraction of sp³-hybridized carbons (Fsp3) is 0.636. The Labute approximate surface area is 196 Å². The number of ether oxygens (including phenoxy) is 2. The van der Waals surface area contributed by atoms with Crippen molar-refractivity contribution < 1.29 is 27.5 Å². The van der Waals surface area contributed by atoms with E-state index in [9.17, 15) is 18.0 Å². The Morgan fingerprint density at radius 2 is 1.91 bits per heavy atom. The van der Waals surface area contributed by atoms with Crippen LogP contribution in [-0.4, -0.2) is 87.9 Å².